The fraction of sp³-hybridized carbons (Fsp3) is 0.238. The molecule has 0 radical (unpaired) electrons. The molecular weight excluding hydrogens is 356 g/mol. The molecule has 2 atom stereocenters. The summed E-state index contributed by atoms with van der Waals surface area (Å²) in [7, 11) is 0. The van der Waals surface area contributed by atoms with Crippen molar-refractivity contribution < 1.29 is 14.3 Å². The lowest BCUT2D eigenvalue weighted by molar-refractivity contribution is -0.123. The van der Waals surface area contributed by atoms with Crippen LogP contribution in [0, 0.1) is 0 Å². The maximum atomic E-state index is 13.0. The number of carbonyl (C=O) groups is 2. The van der Waals surface area contributed by atoms with Crippen LogP contribution in [-0.2, 0) is 11.2 Å². The Morgan fingerprint density at radius 2 is 1.96 bits per heavy atom. The fourth-order valence-corrected chi connectivity index (χ4v) is 3.67. The number of hydrogen-bond donors (Lipinski definition) is 4. The first-order valence-corrected chi connectivity index (χ1v) is 9.25. The number of para-hydroxylation sites is 2. The van der Waals surface area contributed by atoms with Crippen molar-refractivity contribution in [2.45, 2.75) is 24.9 Å². The number of H-pyrrole nitrogens is 1. The van der Waals surface area contributed by atoms with Gasteiger partial charge in [-0.3, -0.25) is 4.79 Å². The second-order valence-electron chi connectivity index (χ2n) is 6.86. The monoisotopic (exact) mass is 378 g/mol. The third-order valence-corrected chi connectivity index (χ3v) is 5.01. The number of fused-ring (bicyclic) bond motifs is 2. The van der Waals surface area contributed by atoms with E-state index in [1.807, 2.05) is 54.7 Å². The normalized spacial score (nSPS) is 16.6. The van der Waals surface area contributed by atoms with Gasteiger partial charge in [0, 0.05) is 35.5 Å². The van der Waals surface area contributed by atoms with Gasteiger partial charge in [-0.15, -0.1) is 0 Å². The van der Waals surface area contributed by atoms with Crippen molar-refractivity contribution in [3.63, 3.8) is 0 Å². The molecule has 1 aliphatic heterocycles. The predicted octanol–water partition coefficient (Wildman–Crippen LogP) is 2.39. The largest absolute Gasteiger partial charge is 0.493 e. The van der Waals surface area contributed by atoms with E-state index < -0.39 is 12.1 Å². The molecule has 0 fully saturated rings. The molecule has 3 amide bonds. The molecule has 2 aromatic carbocycles. The van der Waals surface area contributed by atoms with Gasteiger partial charge in [0.25, 0.3) is 0 Å². The summed E-state index contributed by atoms with van der Waals surface area (Å²) in [5.74, 6) is 0.501. The van der Waals surface area contributed by atoms with Crippen LogP contribution in [0.25, 0.3) is 10.9 Å². The smallest absolute Gasteiger partial charge is 0.312 e. The third kappa shape index (κ3) is 3.64. The van der Waals surface area contributed by atoms with Crippen LogP contribution in [-0.4, -0.2) is 29.6 Å². The summed E-state index contributed by atoms with van der Waals surface area (Å²) in [5, 5.41) is 6.64. The molecule has 1 aliphatic rings. The summed E-state index contributed by atoms with van der Waals surface area (Å²) < 4.78 is 5.65. The highest BCUT2D eigenvalue weighted by Gasteiger charge is 2.27. The van der Waals surface area contributed by atoms with E-state index in [2.05, 4.69) is 15.6 Å². The SMILES string of the molecule is NC(=O)N[C@@H](Cc1c[nH]c2ccccc12)C(=O)N[C@@H]1CCOc2ccccc21. The molecule has 3 aromatic rings. The maximum absolute atomic E-state index is 13.0. The van der Waals surface area contributed by atoms with E-state index in [1.54, 1.807) is 0 Å². The summed E-state index contributed by atoms with van der Waals surface area (Å²) in [4.78, 5) is 27.7. The highest BCUT2D eigenvalue weighted by atomic mass is 16.5. The number of aromatic nitrogens is 1. The average molecular weight is 378 g/mol. The number of benzene rings is 2. The number of rotatable bonds is 5. The number of nitrogens with one attached hydrogen (secondary N) is 3. The van der Waals surface area contributed by atoms with Gasteiger partial charge in [0.15, 0.2) is 0 Å². The molecule has 0 bridgehead atoms. The van der Waals surface area contributed by atoms with Gasteiger partial charge in [0.2, 0.25) is 5.91 Å². The zero-order valence-corrected chi connectivity index (χ0v) is 15.3. The van der Waals surface area contributed by atoms with Crippen molar-refractivity contribution in [2.24, 2.45) is 5.73 Å². The zero-order chi connectivity index (χ0) is 19.5. The lowest BCUT2D eigenvalue weighted by Gasteiger charge is -2.28. The summed E-state index contributed by atoms with van der Waals surface area (Å²) in [6, 6.07) is 13.8. The van der Waals surface area contributed by atoms with Gasteiger partial charge < -0.3 is 26.1 Å². The second-order valence-corrected chi connectivity index (χ2v) is 6.86. The van der Waals surface area contributed by atoms with Crippen molar-refractivity contribution in [1.29, 1.82) is 0 Å². The molecule has 1 aromatic heterocycles. The van der Waals surface area contributed by atoms with Gasteiger partial charge in [0.05, 0.1) is 12.6 Å². The Morgan fingerprint density at radius 1 is 1.18 bits per heavy atom. The third-order valence-electron chi connectivity index (χ3n) is 5.01. The topological polar surface area (TPSA) is 109 Å². The second kappa shape index (κ2) is 7.64. The number of urea groups is 1. The summed E-state index contributed by atoms with van der Waals surface area (Å²) in [5.41, 5.74) is 8.18. The molecule has 0 saturated carbocycles. The van der Waals surface area contributed by atoms with Gasteiger partial charge in [-0.05, 0) is 17.7 Å². The lowest BCUT2D eigenvalue weighted by atomic mass is 9.99. The van der Waals surface area contributed by atoms with Crippen LogP contribution in [0.4, 0.5) is 4.79 Å². The predicted molar refractivity (Wildman–Crippen MR) is 106 cm³/mol. The number of amides is 3. The van der Waals surface area contributed by atoms with Crippen LogP contribution in [0.3, 0.4) is 0 Å². The van der Waals surface area contributed by atoms with Crippen molar-refractivity contribution in [1.82, 2.24) is 15.6 Å². The molecule has 0 unspecified atom stereocenters. The number of carbonyl (C=O) groups excluding carboxylic acids is 2. The summed E-state index contributed by atoms with van der Waals surface area (Å²) in [6.07, 6.45) is 2.86. The molecule has 7 nitrogen and oxygen atoms in total. The molecular formula is C21H22N4O3. The number of hydrogen-bond acceptors (Lipinski definition) is 3. The van der Waals surface area contributed by atoms with Crippen LogP contribution in [0.1, 0.15) is 23.6 Å². The zero-order valence-electron chi connectivity index (χ0n) is 15.3. The van der Waals surface area contributed by atoms with E-state index in [-0.39, 0.29) is 11.9 Å². The molecule has 28 heavy (non-hydrogen) atoms. The standard InChI is InChI=1S/C21H22N4O3/c22-21(27)25-18(11-13-12-23-16-7-3-1-5-14(13)16)20(26)24-17-9-10-28-19-8-4-2-6-15(17)19/h1-8,12,17-18,23H,9-11H2,(H,24,26)(H3,22,25,27)/t17-,18+/m1/s1. The van der Waals surface area contributed by atoms with Gasteiger partial charge in [-0.2, -0.15) is 0 Å². The van der Waals surface area contributed by atoms with E-state index in [1.165, 1.54) is 0 Å². The van der Waals surface area contributed by atoms with Gasteiger partial charge in [-0.25, -0.2) is 4.79 Å². The highest BCUT2D eigenvalue weighted by Crippen LogP contribution is 2.31. The average Bonchev–Trinajstić information content (AvgIpc) is 3.10. The minimum atomic E-state index is -0.772. The fourth-order valence-electron chi connectivity index (χ4n) is 3.67. The molecule has 5 N–H and O–H groups in total. The minimum Gasteiger partial charge on any atom is -0.493 e. The molecule has 7 heteroatoms. The number of primary amides is 1. The minimum absolute atomic E-state index is 0.169. The Bertz CT molecular complexity index is 1010. The van der Waals surface area contributed by atoms with Crippen LogP contribution in [0.5, 0.6) is 5.75 Å². The van der Waals surface area contributed by atoms with E-state index >= 15 is 0 Å². The van der Waals surface area contributed by atoms with E-state index in [0.717, 1.165) is 27.8 Å². The first-order chi connectivity index (χ1) is 13.6. The highest BCUT2D eigenvalue weighted by molar-refractivity contribution is 5.89. The number of nitrogens with two attached hydrogens (primary N) is 1. The first-order valence-electron chi connectivity index (χ1n) is 9.25. The number of ether oxygens (including phenoxy) is 1. The quantitative estimate of drug-likeness (QED) is 0.547. The Balaban J connectivity index is 1.54. The van der Waals surface area contributed by atoms with Crippen molar-refractivity contribution in [2.75, 3.05) is 6.61 Å². The number of aromatic amines is 1. The Kier molecular flexibility index (Phi) is 4.89. The molecule has 4 rings (SSSR count). The Hall–Kier alpha value is -3.48. The van der Waals surface area contributed by atoms with Crippen LogP contribution in [0.15, 0.2) is 54.7 Å². The van der Waals surface area contributed by atoms with Crippen LogP contribution in [0.2, 0.25) is 0 Å². The van der Waals surface area contributed by atoms with E-state index in [4.69, 9.17) is 10.5 Å². The molecule has 144 valence electrons. The van der Waals surface area contributed by atoms with Crippen molar-refractivity contribution in [3.8, 4) is 5.75 Å². The van der Waals surface area contributed by atoms with Crippen LogP contribution >= 0.6 is 0 Å². The van der Waals surface area contributed by atoms with E-state index in [9.17, 15) is 9.59 Å². The summed E-state index contributed by atoms with van der Waals surface area (Å²) in [6.45, 7) is 0.526. The molecule has 0 saturated heterocycles. The van der Waals surface area contributed by atoms with Gasteiger partial charge in [0.1, 0.15) is 11.8 Å². The summed E-state index contributed by atoms with van der Waals surface area (Å²) >= 11 is 0. The van der Waals surface area contributed by atoms with Gasteiger partial charge >= 0.3 is 6.03 Å². The first kappa shape index (κ1) is 17.9. The molecule has 2 heterocycles. The maximum Gasteiger partial charge on any atom is 0.312 e. The van der Waals surface area contributed by atoms with E-state index in [0.29, 0.717) is 19.4 Å². The van der Waals surface area contributed by atoms with Gasteiger partial charge in [-0.1, -0.05) is 36.4 Å². The Morgan fingerprint density at radius 3 is 2.82 bits per heavy atom. The van der Waals surface area contributed by atoms with Crippen molar-refractivity contribution in [3.05, 3.63) is 65.9 Å². The molecule has 0 aliphatic carbocycles. The van der Waals surface area contributed by atoms with Crippen molar-refractivity contribution >= 4 is 22.8 Å². The van der Waals surface area contributed by atoms with Crippen LogP contribution < -0.4 is 21.1 Å². The lowest BCUT2D eigenvalue weighted by Crippen LogP contribution is -2.50. The molecule has 0 spiro atoms. The Labute approximate surface area is 162 Å².